The molecule has 1 aliphatic carbocycles. The van der Waals surface area contributed by atoms with E-state index in [9.17, 15) is 0 Å². The average molecular weight is 450 g/mol. The van der Waals surface area contributed by atoms with Crippen molar-refractivity contribution >= 4 is 22.4 Å². The topological polar surface area (TPSA) is 81.6 Å². The summed E-state index contributed by atoms with van der Waals surface area (Å²) in [5.41, 5.74) is 3.84. The summed E-state index contributed by atoms with van der Waals surface area (Å²) in [7, 11) is 1.66. The van der Waals surface area contributed by atoms with Gasteiger partial charge in [-0.25, -0.2) is 4.98 Å². The van der Waals surface area contributed by atoms with Crippen molar-refractivity contribution in [1.29, 1.82) is 0 Å². The van der Waals surface area contributed by atoms with E-state index in [-0.39, 0.29) is 6.10 Å². The zero-order valence-corrected chi connectivity index (χ0v) is 19.1. The summed E-state index contributed by atoms with van der Waals surface area (Å²) in [5, 5.41) is 3.50. The van der Waals surface area contributed by atoms with E-state index in [1.165, 1.54) is 0 Å². The molecule has 0 spiro atoms. The molecule has 0 bridgehead atoms. The van der Waals surface area contributed by atoms with Crippen molar-refractivity contribution in [2.75, 3.05) is 50.2 Å². The van der Waals surface area contributed by atoms with Crippen LogP contribution in [0.2, 0.25) is 0 Å². The zero-order valence-electron chi connectivity index (χ0n) is 19.1. The summed E-state index contributed by atoms with van der Waals surface area (Å²) in [6, 6.07) is 6.22. The molecule has 0 radical (unpaired) electrons. The minimum Gasteiger partial charge on any atom is -0.495 e. The maximum atomic E-state index is 6.53. The third-order valence-electron chi connectivity index (χ3n) is 6.53. The van der Waals surface area contributed by atoms with Gasteiger partial charge >= 0.3 is 0 Å². The third kappa shape index (κ3) is 5.27. The van der Waals surface area contributed by atoms with Crippen molar-refractivity contribution in [1.82, 2.24) is 15.0 Å². The molecule has 3 heterocycles. The molecule has 2 aliphatic rings. The van der Waals surface area contributed by atoms with Crippen LogP contribution in [-0.2, 0) is 4.74 Å². The molecule has 0 unspecified atom stereocenters. The highest BCUT2D eigenvalue weighted by Gasteiger charge is 2.24. The molecule has 33 heavy (non-hydrogen) atoms. The second-order valence-corrected chi connectivity index (χ2v) is 8.72. The number of methoxy groups -OCH3 is 1. The van der Waals surface area contributed by atoms with Gasteiger partial charge < -0.3 is 24.4 Å². The molecule has 2 aromatic heterocycles. The maximum Gasteiger partial charge on any atom is 0.149 e. The van der Waals surface area contributed by atoms with Crippen LogP contribution in [0.3, 0.4) is 0 Å². The first-order valence-corrected chi connectivity index (χ1v) is 11.8. The molecule has 1 aromatic carbocycles. The van der Waals surface area contributed by atoms with Crippen LogP contribution in [-0.4, -0.2) is 61.0 Å². The molecule has 0 atom stereocenters. The normalized spacial score (nSPS) is 21.1. The Hall–Kier alpha value is -3.13. The van der Waals surface area contributed by atoms with E-state index in [1.54, 1.807) is 25.7 Å². The van der Waals surface area contributed by atoms with E-state index >= 15 is 0 Å². The van der Waals surface area contributed by atoms with E-state index in [1.807, 2.05) is 12.3 Å². The predicted molar refractivity (Wildman–Crippen MR) is 128 cm³/mol. The lowest BCUT2D eigenvalue weighted by Crippen LogP contribution is -2.36. The van der Waals surface area contributed by atoms with Gasteiger partial charge in [0.25, 0.3) is 0 Å². The second kappa shape index (κ2) is 10.2. The van der Waals surface area contributed by atoms with E-state index < -0.39 is 0 Å². The number of anilines is 2. The fourth-order valence-corrected chi connectivity index (χ4v) is 4.65. The van der Waals surface area contributed by atoms with Crippen molar-refractivity contribution < 1.29 is 14.2 Å². The Morgan fingerprint density at radius 2 is 1.85 bits per heavy atom. The van der Waals surface area contributed by atoms with E-state index in [0.29, 0.717) is 5.92 Å². The fraction of sp³-hybridized carbons (Fsp3) is 0.480. The number of aromatic nitrogens is 3. The van der Waals surface area contributed by atoms with Gasteiger partial charge in [0.05, 0.1) is 50.0 Å². The van der Waals surface area contributed by atoms with E-state index in [0.717, 1.165) is 92.4 Å². The van der Waals surface area contributed by atoms with Gasteiger partial charge in [-0.3, -0.25) is 9.97 Å². The molecule has 174 valence electrons. The summed E-state index contributed by atoms with van der Waals surface area (Å²) in [4.78, 5) is 15.7. The van der Waals surface area contributed by atoms with Gasteiger partial charge in [0.1, 0.15) is 17.0 Å². The number of hydrogen-bond acceptors (Lipinski definition) is 8. The van der Waals surface area contributed by atoms with Crippen molar-refractivity contribution in [2.45, 2.75) is 31.8 Å². The largest absolute Gasteiger partial charge is 0.495 e. The standard InChI is InChI=1S/C25H31N5O3/c1-31-22-12-19(16-26-17-22)29-15-18-2-4-21(5-3-18)33-24-14-20(30-8-10-32-11-9-30)13-23-25(24)28-7-6-27-23/h6-7,12-14,16-18,21,29H,2-5,8-11,15H2,1H3. The molecule has 1 saturated heterocycles. The van der Waals surface area contributed by atoms with E-state index in [2.05, 4.69) is 37.3 Å². The molecule has 8 heteroatoms. The van der Waals surface area contributed by atoms with E-state index in [4.69, 9.17) is 14.2 Å². The third-order valence-corrected chi connectivity index (χ3v) is 6.53. The van der Waals surface area contributed by atoms with Crippen LogP contribution in [0.15, 0.2) is 43.0 Å². The predicted octanol–water partition coefficient (Wildman–Crippen LogP) is 3.92. The quantitative estimate of drug-likeness (QED) is 0.581. The molecule has 8 nitrogen and oxygen atoms in total. The van der Waals surface area contributed by atoms with Crippen LogP contribution in [0.5, 0.6) is 11.5 Å². The van der Waals surface area contributed by atoms with Crippen molar-refractivity contribution in [2.24, 2.45) is 5.92 Å². The first kappa shape index (κ1) is 21.7. The van der Waals surface area contributed by atoms with Gasteiger partial charge in [-0.2, -0.15) is 0 Å². The van der Waals surface area contributed by atoms with Crippen LogP contribution in [0, 0.1) is 5.92 Å². The Kier molecular flexibility index (Phi) is 6.71. The molecular weight excluding hydrogens is 418 g/mol. The Morgan fingerprint density at radius 3 is 2.67 bits per heavy atom. The Bertz CT molecular complexity index is 1060. The summed E-state index contributed by atoms with van der Waals surface area (Å²) >= 11 is 0. The number of fused-ring (bicyclic) bond motifs is 1. The van der Waals surface area contributed by atoms with Gasteiger partial charge in [-0.15, -0.1) is 0 Å². The van der Waals surface area contributed by atoms with Gasteiger partial charge in [-0.05, 0) is 37.7 Å². The SMILES string of the molecule is COc1cncc(NCC2CCC(Oc3cc(N4CCOCC4)cc4nccnc34)CC2)c1. The summed E-state index contributed by atoms with van der Waals surface area (Å²) in [6.07, 6.45) is 11.6. The molecule has 1 N–H and O–H groups in total. The maximum absolute atomic E-state index is 6.53. The van der Waals surface area contributed by atoms with Crippen LogP contribution >= 0.6 is 0 Å². The Morgan fingerprint density at radius 1 is 1.03 bits per heavy atom. The highest BCUT2D eigenvalue weighted by atomic mass is 16.5. The number of benzene rings is 1. The molecule has 0 amide bonds. The summed E-state index contributed by atoms with van der Waals surface area (Å²) in [6.45, 7) is 4.19. The van der Waals surface area contributed by atoms with Crippen molar-refractivity contribution in [3.05, 3.63) is 43.0 Å². The minimum atomic E-state index is 0.199. The number of morpholine rings is 1. The van der Waals surface area contributed by atoms with Crippen LogP contribution in [0.1, 0.15) is 25.7 Å². The number of rotatable bonds is 7. The summed E-state index contributed by atoms with van der Waals surface area (Å²) < 4.78 is 17.3. The van der Waals surface area contributed by atoms with Crippen LogP contribution < -0.4 is 19.7 Å². The molecule has 3 aromatic rings. The Balaban J connectivity index is 1.21. The lowest BCUT2D eigenvalue weighted by atomic mass is 9.87. The number of nitrogens with zero attached hydrogens (tertiary/aromatic N) is 4. The van der Waals surface area contributed by atoms with Gasteiger partial charge in [0, 0.05) is 49.8 Å². The second-order valence-electron chi connectivity index (χ2n) is 8.72. The van der Waals surface area contributed by atoms with Gasteiger partial charge in [0.15, 0.2) is 0 Å². The molecule has 1 aliphatic heterocycles. The minimum absolute atomic E-state index is 0.199. The van der Waals surface area contributed by atoms with Crippen molar-refractivity contribution in [3.8, 4) is 11.5 Å². The van der Waals surface area contributed by atoms with Crippen LogP contribution in [0.25, 0.3) is 11.0 Å². The van der Waals surface area contributed by atoms with Gasteiger partial charge in [0.2, 0.25) is 0 Å². The Labute approximate surface area is 194 Å². The van der Waals surface area contributed by atoms with Crippen LogP contribution in [0.4, 0.5) is 11.4 Å². The first-order chi connectivity index (χ1) is 16.3. The lowest BCUT2D eigenvalue weighted by Gasteiger charge is -2.31. The first-order valence-electron chi connectivity index (χ1n) is 11.8. The highest BCUT2D eigenvalue weighted by Crippen LogP contribution is 2.34. The number of nitrogens with one attached hydrogen (secondary N) is 1. The number of hydrogen-bond donors (Lipinski definition) is 1. The molecular formula is C25H31N5O3. The number of pyridine rings is 1. The summed E-state index contributed by atoms with van der Waals surface area (Å²) in [5.74, 6) is 2.23. The monoisotopic (exact) mass is 449 g/mol. The highest BCUT2D eigenvalue weighted by molar-refractivity contribution is 5.85. The molecule has 1 saturated carbocycles. The fourth-order valence-electron chi connectivity index (χ4n) is 4.65. The smallest absolute Gasteiger partial charge is 0.149 e. The van der Waals surface area contributed by atoms with Gasteiger partial charge in [-0.1, -0.05) is 0 Å². The lowest BCUT2D eigenvalue weighted by molar-refractivity contribution is 0.122. The molecule has 5 rings (SSSR count). The zero-order chi connectivity index (χ0) is 22.5. The van der Waals surface area contributed by atoms with Crippen molar-refractivity contribution in [3.63, 3.8) is 0 Å². The number of ether oxygens (including phenoxy) is 3. The molecule has 2 fully saturated rings. The average Bonchev–Trinajstić information content (AvgIpc) is 2.89.